The third kappa shape index (κ3) is 7.28. The molecule has 2 saturated heterocycles. The third-order valence-corrected chi connectivity index (χ3v) is 10.7. The van der Waals surface area contributed by atoms with E-state index in [0.29, 0.717) is 70.8 Å². The number of aromatic nitrogens is 6. The molecule has 8 rings (SSSR count). The van der Waals surface area contributed by atoms with Crippen molar-refractivity contribution in [3.8, 4) is 23.3 Å². The van der Waals surface area contributed by atoms with Crippen LogP contribution in [0, 0.1) is 25.5 Å². The van der Waals surface area contributed by atoms with Crippen LogP contribution in [0.4, 0.5) is 20.7 Å². The van der Waals surface area contributed by atoms with Crippen LogP contribution in [0.15, 0.2) is 36.9 Å². The van der Waals surface area contributed by atoms with E-state index in [-0.39, 0.29) is 59.4 Å². The van der Waals surface area contributed by atoms with Gasteiger partial charge in [-0.05, 0) is 45.7 Å². The van der Waals surface area contributed by atoms with Crippen LogP contribution in [0.25, 0.3) is 0 Å². The molecule has 0 saturated carbocycles. The molecule has 1 unspecified atom stereocenters. The number of halogens is 2. The highest BCUT2D eigenvalue weighted by Crippen LogP contribution is 2.40. The van der Waals surface area contributed by atoms with Crippen molar-refractivity contribution in [2.75, 3.05) is 68.9 Å². The highest BCUT2D eigenvalue weighted by atomic mass is 19.1. The van der Waals surface area contributed by atoms with Gasteiger partial charge >= 0.3 is 0 Å². The topological polar surface area (TPSA) is 127 Å². The molecule has 5 atom stereocenters. The Hall–Kier alpha value is -4.96. The van der Waals surface area contributed by atoms with E-state index in [1.54, 1.807) is 0 Å². The van der Waals surface area contributed by atoms with Crippen molar-refractivity contribution in [1.29, 1.82) is 0 Å². The van der Waals surface area contributed by atoms with Crippen molar-refractivity contribution in [2.24, 2.45) is 0 Å². The van der Waals surface area contributed by atoms with Crippen LogP contribution in [0.2, 0.25) is 0 Å². The summed E-state index contributed by atoms with van der Waals surface area (Å²) < 4.78 is 55.7. The zero-order valence-corrected chi connectivity index (χ0v) is 31.3. The predicted octanol–water partition coefficient (Wildman–Crippen LogP) is 4.48. The molecule has 0 aliphatic carbocycles. The fourth-order valence-electron chi connectivity index (χ4n) is 7.89. The summed E-state index contributed by atoms with van der Waals surface area (Å²) in [7, 11) is 0. The fourth-order valence-corrected chi connectivity index (χ4v) is 7.89. The van der Waals surface area contributed by atoms with Gasteiger partial charge < -0.3 is 28.7 Å². The van der Waals surface area contributed by atoms with Gasteiger partial charge in [0.2, 0.25) is 11.9 Å². The summed E-state index contributed by atoms with van der Waals surface area (Å²) >= 11 is 0. The number of pyridine rings is 2. The lowest BCUT2D eigenvalue weighted by molar-refractivity contribution is 0.0335. The second-order valence-corrected chi connectivity index (χ2v) is 14.7. The van der Waals surface area contributed by atoms with E-state index in [9.17, 15) is 0 Å². The van der Waals surface area contributed by atoms with Gasteiger partial charge in [0.15, 0.2) is 11.5 Å². The SMILES string of the molecule is Cc1cnc(N2CCN([C@H](CC3COc4cc(F)c([C@H](C)N5CCN(c6ncc(C)cn6)C[C@H]5C)nc4O3)c3nc4c(cc3F)OCCO4)[C@H](C)C2)nc1. The average molecular weight is 745 g/mol. The van der Waals surface area contributed by atoms with Gasteiger partial charge in [-0.15, -0.1) is 0 Å². The first-order valence-corrected chi connectivity index (χ1v) is 18.7. The molecule has 4 aliphatic heterocycles. The lowest BCUT2D eigenvalue weighted by atomic mass is 9.99. The Morgan fingerprint density at radius 3 is 1.85 bits per heavy atom. The van der Waals surface area contributed by atoms with E-state index in [1.165, 1.54) is 12.1 Å². The van der Waals surface area contributed by atoms with Crippen LogP contribution < -0.4 is 28.7 Å². The Bertz CT molecular complexity index is 1960. The van der Waals surface area contributed by atoms with Crippen LogP contribution in [0.3, 0.4) is 0 Å². The van der Waals surface area contributed by atoms with Crippen molar-refractivity contribution >= 4 is 11.9 Å². The Morgan fingerprint density at radius 1 is 0.704 bits per heavy atom. The molecule has 54 heavy (non-hydrogen) atoms. The summed E-state index contributed by atoms with van der Waals surface area (Å²) in [5.41, 5.74) is 2.52. The van der Waals surface area contributed by atoms with Gasteiger partial charge in [0, 0.05) is 94.7 Å². The monoisotopic (exact) mass is 744 g/mol. The number of hydrogen-bond acceptors (Lipinski definition) is 14. The predicted molar refractivity (Wildman–Crippen MR) is 195 cm³/mol. The molecule has 2 fully saturated rings. The number of rotatable bonds is 8. The maximum absolute atomic E-state index is 16.0. The molecule has 8 heterocycles. The molecule has 0 bridgehead atoms. The summed E-state index contributed by atoms with van der Waals surface area (Å²) in [6.07, 6.45) is 7.06. The van der Waals surface area contributed by atoms with Gasteiger partial charge in [-0.2, -0.15) is 0 Å². The van der Waals surface area contributed by atoms with E-state index in [2.05, 4.69) is 58.4 Å². The molecule has 0 spiro atoms. The Labute approximate surface area is 313 Å². The molecule has 4 aromatic heterocycles. The summed E-state index contributed by atoms with van der Waals surface area (Å²) in [6.45, 7) is 14.8. The largest absolute Gasteiger partial charge is 0.484 e. The standard InChI is InChI=1S/C38H46F2N10O4/c1-22-15-41-37(42-16-22)47-6-8-49(24(3)19-47)26(5)33-28(39)13-32-36(45-33)54-27(21-53-32)12-30(34-29(40)14-31-35(46-34)52-11-10-51-31)50-9-7-48(20-25(50)4)38-43-17-23(2)18-44-38/h13-18,24-27,30H,6-12,19-21H2,1-5H3/t24-,25-,26+,27?,30-/m1/s1. The number of aryl methyl sites for hydroxylation is 2. The van der Waals surface area contributed by atoms with Gasteiger partial charge in [0.25, 0.3) is 11.8 Å². The first-order chi connectivity index (χ1) is 26.1. The number of ether oxygens (including phenoxy) is 4. The Kier molecular flexibility index (Phi) is 10.0. The zero-order valence-electron chi connectivity index (χ0n) is 31.3. The van der Waals surface area contributed by atoms with Crippen LogP contribution >= 0.6 is 0 Å². The summed E-state index contributed by atoms with van der Waals surface area (Å²) in [5.74, 6) is 1.43. The first kappa shape index (κ1) is 36.0. The summed E-state index contributed by atoms with van der Waals surface area (Å²) in [6, 6.07) is 1.91. The van der Waals surface area contributed by atoms with Gasteiger partial charge in [-0.1, -0.05) is 0 Å². The van der Waals surface area contributed by atoms with Crippen molar-refractivity contribution in [3.05, 3.63) is 71.1 Å². The fraction of sp³-hybridized carbons (Fsp3) is 0.526. The van der Waals surface area contributed by atoms with Crippen molar-refractivity contribution in [3.63, 3.8) is 0 Å². The Morgan fingerprint density at radius 2 is 1.24 bits per heavy atom. The number of piperazine rings is 2. The van der Waals surface area contributed by atoms with E-state index in [1.807, 2.05) is 45.6 Å². The lowest BCUT2D eigenvalue weighted by Crippen LogP contribution is -2.54. The number of nitrogens with zero attached hydrogens (tertiary/aromatic N) is 10. The van der Waals surface area contributed by atoms with Gasteiger partial charge in [0.05, 0.1) is 23.5 Å². The lowest BCUT2D eigenvalue weighted by Gasteiger charge is -2.44. The van der Waals surface area contributed by atoms with Crippen molar-refractivity contribution < 1.29 is 27.7 Å². The molecule has 286 valence electrons. The van der Waals surface area contributed by atoms with Crippen LogP contribution in [0.5, 0.6) is 23.3 Å². The third-order valence-electron chi connectivity index (χ3n) is 10.7. The normalized spacial score (nSPS) is 22.9. The second-order valence-electron chi connectivity index (χ2n) is 14.7. The van der Waals surface area contributed by atoms with Gasteiger partial charge in [0.1, 0.15) is 37.6 Å². The molecule has 0 amide bonds. The first-order valence-electron chi connectivity index (χ1n) is 18.7. The van der Waals surface area contributed by atoms with Gasteiger partial charge in [-0.3, -0.25) is 9.80 Å². The quantitative estimate of drug-likeness (QED) is 0.252. The average Bonchev–Trinajstić information content (AvgIpc) is 3.17. The molecular formula is C38H46F2N10O4. The van der Waals surface area contributed by atoms with Crippen LogP contribution in [-0.2, 0) is 0 Å². The molecule has 16 heteroatoms. The minimum absolute atomic E-state index is 0.0282. The maximum atomic E-state index is 16.0. The minimum Gasteiger partial charge on any atom is -0.484 e. The summed E-state index contributed by atoms with van der Waals surface area (Å²) in [4.78, 5) is 36.2. The molecule has 4 aromatic rings. The maximum Gasteiger partial charge on any atom is 0.257 e. The molecule has 4 aliphatic rings. The Balaban J connectivity index is 1.01. The smallest absolute Gasteiger partial charge is 0.257 e. The number of hydrogen-bond donors (Lipinski definition) is 0. The minimum atomic E-state index is -0.527. The van der Waals surface area contributed by atoms with Gasteiger partial charge in [-0.25, -0.2) is 38.7 Å². The summed E-state index contributed by atoms with van der Waals surface area (Å²) in [5, 5.41) is 0. The molecule has 0 radical (unpaired) electrons. The van der Waals surface area contributed by atoms with Crippen molar-refractivity contribution in [1.82, 2.24) is 39.7 Å². The highest BCUT2D eigenvalue weighted by Gasteiger charge is 2.39. The van der Waals surface area contributed by atoms with E-state index < -0.39 is 23.8 Å². The van der Waals surface area contributed by atoms with E-state index in [0.717, 1.165) is 11.1 Å². The second kappa shape index (κ2) is 15.1. The van der Waals surface area contributed by atoms with E-state index >= 15 is 8.78 Å². The molecule has 0 N–H and O–H groups in total. The van der Waals surface area contributed by atoms with Crippen molar-refractivity contribution in [2.45, 2.75) is 71.3 Å². The van der Waals surface area contributed by atoms with Crippen LogP contribution in [0.1, 0.15) is 61.8 Å². The van der Waals surface area contributed by atoms with E-state index in [4.69, 9.17) is 23.9 Å². The molecule has 0 aromatic carbocycles. The number of fused-ring (bicyclic) bond motifs is 2. The zero-order chi connectivity index (χ0) is 37.5. The molecule has 14 nitrogen and oxygen atoms in total. The highest BCUT2D eigenvalue weighted by molar-refractivity contribution is 5.40. The van der Waals surface area contributed by atoms with Crippen LogP contribution in [-0.4, -0.2) is 117 Å². The number of anilines is 2. The molecular weight excluding hydrogens is 698 g/mol.